The van der Waals surface area contributed by atoms with Crippen LogP contribution in [0, 0.1) is 0 Å². The number of esters is 3. The highest BCUT2D eigenvalue weighted by Gasteiger charge is 2.19. The Morgan fingerprint density at radius 2 is 0.453 bits per heavy atom. The van der Waals surface area contributed by atoms with E-state index < -0.39 is 6.10 Å². The molecule has 0 bridgehead atoms. The standard InChI is InChI=1S/C69H130O6/c1-4-7-10-13-16-19-22-24-26-27-28-29-30-31-32-33-34-35-36-37-38-39-40-41-43-44-47-50-53-56-59-62-68(71)74-65-66(64-73-67(70)61-58-55-52-49-46-21-18-15-12-9-6-3)75-69(72)63-60-57-54-51-48-45-42-25-23-20-17-14-11-8-5-2/h15,18,25,42,66H,4-14,16-17,19-24,26-41,43-65H2,1-3H3/b18-15-,42-25-. The minimum Gasteiger partial charge on any atom is -0.462 e. The lowest BCUT2D eigenvalue weighted by Crippen LogP contribution is -2.30. The van der Waals surface area contributed by atoms with Gasteiger partial charge in [-0.1, -0.05) is 321 Å². The Kier molecular flexibility index (Phi) is 62.6. The molecular weight excluding hydrogens is 925 g/mol. The summed E-state index contributed by atoms with van der Waals surface area (Å²) in [4.78, 5) is 38.2. The van der Waals surface area contributed by atoms with E-state index in [0.29, 0.717) is 19.3 Å². The van der Waals surface area contributed by atoms with Crippen LogP contribution in [0.1, 0.15) is 380 Å². The molecule has 0 amide bonds. The number of unbranched alkanes of at least 4 members (excludes halogenated alkanes) is 48. The molecule has 0 N–H and O–H groups in total. The van der Waals surface area contributed by atoms with Crippen molar-refractivity contribution in [1.29, 1.82) is 0 Å². The fourth-order valence-corrected chi connectivity index (χ4v) is 10.3. The van der Waals surface area contributed by atoms with Crippen molar-refractivity contribution in [3.05, 3.63) is 24.3 Å². The summed E-state index contributed by atoms with van der Waals surface area (Å²) in [7, 11) is 0. The minimum atomic E-state index is -0.776. The molecule has 0 saturated carbocycles. The molecule has 0 fully saturated rings. The Hall–Kier alpha value is -2.11. The van der Waals surface area contributed by atoms with Gasteiger partial charge in [-0.05, 0) is 64.2 Å². The normalized spacial score (nSPS) is 12.1. The minimum absolute atomic E-state index is 0.0727. The van der Waals surface area contributed by atoms with Gasteiger partial charge in [-0.25, -0.2) is 0 Å². The summed E-state index contributed by atoms with van der Waals surface area (Å²) in [6.45, 7) is 6.64. The van der Waals surface area contributed by atoms with Crippen molar-refractivity contribution >= 4 is 17.9 Å². The number of carbonyl (C=O) groups excluding carboxylic acids is 3. The average Bonchev–Trinajstić information content (AvgIpc) is 3.41. The zero-order valence-corrected chi connectivity index (χ0v) is 50.8. The van der Waals surface area contributed by atoms with Crippen LogP contribution in [0.2, 0.25) is 0 Å². The number of allylic oxidation sites excluding steroid dienone is 4. The fourth-order valence-electron chi connectivity index (χ4n) is 10.3. The van der Waals surface area contributed by atoms with E-state index in [1.165, 1.54) is 270 Å². The molecular formula is C69H130O6. The van der Waals surface area contributed by atoms with E-state index in [1.807, 2.05) is 0 Å². The van der Waals surface area contributed by atoms with Gasteiger partial charge in [-0.15, -0.1) is 0 Å². The maximum absolute atomic E-state index is 12.9. The molecule has 0 aliphatic carbocycles. The van der Waals surface area contributed by atoms with E-state index in [0.717, 1.165) is 70.6 Å². The Bertz CT molecular complexity index is 1210. The van der Waals surface area contributed by atoms with Gasteiger partial charge in [0.05, 0.1) is 0 Å². The molecule has 0 spiro atoms. The van der Waals surface area contributed by atoms with Crippen LogP contribution in [0.5, 0.6) is 0 Å². The largest absolute Gasteiger partial charge is 0.462 e. The van der Waals surface area contributed by atoms with Gasteiger partial charge in [0.15, 0.2) is 6.10 Å². The van der Waals surface area contributed by atoms with E-state index >= 15 is 0 Å². The molecule has 0 aliphatic heterocycles. The van der Waals surface area contributed by atoms with Crippen molar-refractivity contribution in [2.24, 2.45) is 0 Å². The predicted octanol–water partition coefficient (Wildman–Crippen LogP) is 23.0. The van der Waals surface area contributed by atoms with Crippen molar-refractivity contribution in [2.45, 2.75) is 386 Å². The third-order valence-corrected chi connectivity index (χ3v) is 15.4. The first-order valence-electron chi connectivity index (χ1n) is 33.8. The summed E-state index contributed by atoms with van der Waals surface area (Å²) in [5, 5.41) is 0. The van der Waals surface area contributed by atoms with Gasteiger partial charge in [0.2, 0.25) is 0 Å². The number of rotatable bonds is 63. The van der Waals surface area contributed by atoms with Gasteiger partial charge in [0.1, 0.15) is 13.2 Å². The summed E-state index contributed by atoms with van der Waals surface area (Å²) >= 11 is 0. The third-order valence-electron chi connectivity index (χ3n) is 15.4. The maximum atomic E-state index is 12.9. The van der Waals surface area contributed by atoms with E-state index in [1.54, 1.807) is 0 Å². The molecule has 442 valence electrons. The highest BCUT2D eigenvalue weighted by atomic mass is 16.6. The number of carbonyl (C=O) groups is 3. The van der Waals surface area contributed by atoms with Crippen molar-refractivity contribution in [3.63, 3.8) is 0 Å². The number of ether oxygens (including phenoxy) is 3. The Morgan fingerprint density at radius 3 is 0.707 bits per heavy atom. The highest BCUT2D eigenvalue weighted by molar-refractivity contribution is 5.71. The molecule has 0 saturated heterocycles. The Balaban J connectivity index is 4.06. The maximum Gasteiger partial charge on any atom is 0.306 e. The first kappa shape index (κ1) is 72.9. The van der Waals surface area contributed by atoms with Crippen molar-refractivity contribution in [3.8, 4) is 0 Å². The second-order valence-electron chi connectivity index (χ2n) is 23.1. The molecule has 0 aromatic heterocycles. The van der Waals surface area contributed by atoms with Gasteiger partial charge in [-0.3, -0.25) is 14.4 Å². The molecule has 6 nitrogen and oxygen atoms in total. The molecule has 1 atom stereocenters. The molecule has 6 heteroatoms. The molecule has 0 aliphatic rings. The number of hydrogen-bond acceptors (Lipinski definition) is 6. The predicted molar refractivity (Wildman–Crippen MR) is 326 cm³/mol. The van der Waals surface area contributed by atoms with Crippen LogP contribution in [0.25, 0.3) is 0 Å². The fraction of sp³-hybridized carbons (Fsp3) is 0.899. The topological polar surface area (TPSA) is 78.9 Å². The number of hydrogen-bond donors (Lipinski definition) is 0. The van der Waals surface area contributed by atoms with E-state index in [2.05, 4.69) is 45.1 Å². The van der Waals surface area contributed by atoms with Crippen LogP contribution in [0.3, 0.4) is 0 Å². The van der Waals surface area contributed by atoms with Crippen LogP contribution in [-0.4, -0.2) is 37.2 Å². The lowest BCUT2D eigenvalue weighted by molar-refractivity contribution is -0.167. The first-order chi connectivity index (χ1) is 37.0. The van der Waals surface area contributed by atoms with E-state index in [9.17, 15) is 14.4 Å². The molecule has 1 unspecified atom stereocenters. The summed E-state index contributed by atoms with van der Waals surface area (Å²) in [6, 6.07) is 0. The van der Waals surface area contributed by atoms with Crippen LogP contribution in [0.15, 0.2) is 24.3 Å². The van der Waals surface area contributed by atoms with Gasteiger partial charge in [0, 0.05) is 19.3 Å². The van der Waals surface area contributed by atoms with Gasteiger partial charge in [0.25, 0.3) is 0 Å². The zero-order chi connectivity index (χ0) is 54.3. The molecule has 75 heavy (non-hydrogen) atoms. The lowest BCUT2D eigenvalue weighted by Gasteiger charge is -2.18. The van der Waals surface area contributed by atoms with Crippen LogP contribution < -0.4 is 0 Å². The zero-order valence-electron chi connectivity index (χ0n) is 50.8. The smallest absolute Gasteiger partial charge is 0.306 e. The quantitative estimate of drug-likeness (QED) is 0.0261. The first-order valence-corrected chi connectivity index (χ1v) is 33.8. The van der Waals surface area contributed by atoms with Gasteiger partial charge in [-0.2, -0.15) is 0 Å². The summed E-state index contributed by atoms with van der Waals surface area (Å²) in [5.74, 6) is -0.868. The summed E-state index contributed by atoms with van der Waals surface area (Å²) in [6.07, 6.45) is 78.0. The monoisotopic (exact) mass is 1050 g/mol. The van der Waals surface area contributed by atoms with Crippen LogP contribution in [-0.2, 0) is 28.6 Å². The second kappa shape index (κ2) is 64.4. The summed E-state index contributed by atoms with van der Waals surface area (Å²) in [5.41, 5.74) is 0. The molecule has 0 aromatic rings. The Morgan fingerprint density at radius 1 is 0.253 bits per heavy atom. The second-order valence-corrected chi connectivity index (χ2v) is 23.1. The average molecular weight is 1060 g/mol. The lowest BCUT2D eigenvalue weighted by atomic mass is 10.0. The Labute approximate surface area is 468 Å². The van der Waals surface area contributed by atoms with Crippen molar-refractivity contribution < 1.29 is 28.6 Å². The third kappa shape index (κ3) is 62.6. The summed E-state index contributed by atoms with van der Waals surface area (Å²) < 4.78 is 16.9. The van der Waals surface area contributed by atoms with Crippen LogP contribution in [0.4, 0.5) is 0 Å². The molecule has 0 radical (unpaired) electrons. The molecule has 0 aromatic carbocycles. The van der Waals surface area contributed by atoms with Gasteiger partial charge < -0.3 is 14.2 Å². The highest BCUT2D eigenvalue weighted by Crippen LogP contribution is 2.18. The molecule has 0 heterocycles. The van der Waals surface area contributed by atoms with Gasteiger partial charge >= 0.3 is 17.9 Å². The van der Waals surface area contributed by atoms with E-state index in [-0.39, 0.29) is 31.1 Å². The molecule has 0 rings (SSSR count). The SMILES string of the molecule is CCCC/C=C\CCCCCCCC(=O)OCC(COC(=O)CCCCCCCCCCCCCCCCCCCCCCCCCCCCCCCCC)OC(=O)CCCCCCC/C=C\CCCCCCCC. The van der Waals surface area contributed by atoms with Crippen molar-refractivity contribution in [2.75, 3.05) is 13.2 Å². The van der Waals surface area contributed by atoms with E-state index in [4.69, 9.17) is 14.2 Å². The van der Waals surface area contributed by atoms with Crippen molar-refractivity contribution in [1.82, 2.24) is 0 Å². The van der Waals surface area contributed by atoms with Crippen LogP contribution >= 0.6 is 0 Å².